The van der Waals surface area contributed by atoms with Crippen molar-refractivity contribution in [2.45, 2.75) is 38.6 Å². The number of benzene rings is 1. The zero-order valence-corrected chi connectivity index (χ0v) is 12.1. The van der Waals surface area contributed by atoms with E-state index in [4.69, 9.17) is 0 Å². The van der Waals surface area contributed by atoms with E-state index < -0.39 is 17.9 Å². The summed E-state index contributed by atoms with van der Waals surface area (Å²) in [5.41, 5.74) is 0.488. The van der Waals surface area contributed by atoms with Gasteiger partial charge in [0.1, 0.15) is 11.9 Å². The molecule has 114 valence electrons. The Kier molecular flexibility index (Phi) is 4.94. The number of carboxylic acid groups (broad SMARTS) is 1. The molecule has 21 heavy (non-hydrogen) atoms. The highest BCUT2D eigenvalue weighted by atomic mass is 19.1. The van der Waals surface area contributed by atoms with E-state index in [2.05, 4.69) is 0 Å². The van der Waals surface area contributed by atoms with Gasteiger partial charge in [-0.15, -0.1) is 0 Å². The predicted octanol–water partition coefficient (Wildman–Crippen LogP) is 2.47. The Balaban J connectivity index is 2.07. The van der Waals surface area contributed by atoms with Gasteiger partial charge >= 0.3 is 5.97 Å². The minimum atomic E-state index is -0.957. The minimum absolute atomic E-state index is 0.203. The molecule has 0 radical (unpaired) electrons. The van der Waals surface area contributed by atoms with Gasteiger partial charge in [-0.1, -0.05) is 25.1 Å². The molecule has 0 aromatic heterocycles. The Morgan fingerprint density at radius 3 is 2.76 bits per heavy atom. The smallest absolute Gasteiger partial charge is 0.326 e. The molecular weight excluding hydrogens is 273 g/mol. The summed E-state index contributed by atoms with van der Waals surface area (Å²) >= 11 is 0. The Morgan fingerprint density at radius 1 is 1.38 bits per heavy atom. The summed E-state index contributed by atoms with van der Waals surface area (Å²) in [7, 11) is 0. The number of aliphatic carboxylic acids is 1. The summed E-state index contributed by atoms with van der Waals surface area (Å²) in [6.45, 7) is 2.19. The number of halogens is 1. The normalized spacial score (nSPS) is 20.1. The van der Waals surface area contributed by atoms with Crippen LogP contribution in [0.2, 0.25) is 0 Å². The number of rotatable bonds is 4. The van der Waals surface area contributed by atoms with Crippen LogP contribution < -0.4 is 0 Å². The van der Waals surface area contributed by atoms with Gasteiger partial charge in [-0.05, 0) is 37.3 Å². The number of carboxylic acids is 1. The van der Waals surface area contributed by atoms with Crippen LogP contribution in [0, 0.1) is 11.7 Å². The lowest BCUT2D eigenvalue weighted by Gasteiger charge is -2.34. The average molecular weight is 293 g/mol. The number of likely N-dealkylation sites (tertiary alicyclic amines) is 1. The molecule has 1 aliphatic rings. The van der Waals surface area contributed by atoms with Crippen LogP contribution in [0.25, 0.3) is 0 Å². The third-order valence-electron chi connectivity index (χ3n) is 3.98. The van der Waals surface area contributed by atoms with Gasteiger partial charge in [0, 0.05) is 12.5 Å². The second-order valence-corrected chi connectivity index (χ2v) is 5.58. The molecule has 1 N–H and O–H groups in total. The zero-order chi connectivity index (χ0) is 15.4. The third-order valence-corrected chi connectivity index (χ3v) is 3.98. The van der Waals surface area contributed by atoms with Crippen LogP contribution in [-0.4, -0.2) is 34.5 Å². The maximum absolute atomic E-state index is 13.6. The van der Waals surface area contributed by atoms with Crippen molar-refractivity contribution in [2.75, 3.05) is 6.54 Å². The summed E-state index contributed by atoms with van der Waals surface area (Å²) in [5, 5.41) is 9.22. The lowest BCUT2D eigenvalue weighted by Crippen LogP contribution is -2.50. The van der Waals surface area contributed by atoms with Crippen molar-refractivity contribution in [3.05, 3.63) is 35.6 Å². The first-order valence-electron chi connectivity index (χ1n) is 7.27. The number of carbonyl (C=O) groups is 2. The lowest BCUT2D eigenvalue weighted by molar-refractivity contribution is -0.153. The van der Waals surface area contributed by atoms with Gasteiger partial charge in [0.25, 0.3) is 0 Å². The van der Waals surface area contributed by atoms with E-state index in [-0.39, 0.29) is 18.1 Å². The van der Waals surface area contributed by atoms with Gasteiger partial charge in [-0.25, -0.2) is 9.18 Å². The van der Waals surface area contributed by atoms with E-state index in [1.165, 1.54) is 11.0 Å². The standard InChI is InChI=1S/C16H20FNO3/c1-11(10-12-6-2-3-7-13(12)17)15(19)18-9-5-4-8-14(18)16(20)21/h2-3,6-7,11,14H,4-5,8-10H2,1H3,(H,20,21)/t11?,14-/m1/s1. The predicted molar refractivity (Wildman–Crippen MR) is 76.3 cm³/mol. The van der Waals surface area contributed by atoms with Gasteiger partial charge in [0.05, 0.1) is 0 Å². The van der Waals surface area contributed by atoms with Gasteiger partial charge in [-0.3, -0.25) is 4.79 Å². The molecule has 1 aliphatic heterocycles. The van der Waals surface area contributed by atoms with E-state index in [0.717, 1.165) is 12.8 Å². The number of hydrogen-bond donors (Lipinski definition) is 1. The third kappa shape index (κ3) is 3.60. The molecule has 1 aromatic rings. The van der Waals surface area contributed by atoms with Gasteiger partial charge in [-0.2, -0.15) is 0 Å². The molecule has 5 heteroatoms. The first kappa shape index (κ1) is 15.5. The quantitative estimate of drug-likeness (QED) is 0.927. The number of nitrogens with zero attached hydrogens (tertiary/aromatic N) is 1. The van der Waals surface area contributed by atoms with Crippen LogP contribution in [-0.2, 0) is 16.0 Å². The zero-order valence-electron chi connectivity index (χ0n) is 12.1. The van der Waals surface area contributed by atoms with Crippen LogP contribution in [0.4, 0.5) is 4.39 Å². The van der Waals surface area contributed by atoms with E-state index in [1.54, 1.807) is 25.1 Å². The first-order chi connectivity index (χ1) is 10.0. The lowest BCUT2D eigenvalue weighted by atomic mass is 9.95. The van der Waals surface area contributed by atoms with Crippen molar-refractivity contribution < 1.29 is 19.1 Å². The molecule has 1 heterocycles. The molecule has 2 atom stereocenters. The molecule has 0 aliphatic carbocycles. The van der Waals surface area contributed by atoms with Crippen LogP contribution in [0.3, 0.4) is 0 Å². The number of amides is 1. The summed E-state index contributed by atoms with van der Waals surface area (Å²) in [4.78, 5) is 25.2. The summed E-state index contributed by atoms with van der Waals surface area (Å²) in [6, 6.07) is 5.62. The second kappa shape index (κ2) is 6.70. The van der Waals surface area contributed by atoms with Crippen molar-refractivity contribution >= 4 is 11.9 Å². The maximum atomic E-state index is 13.6. The van der Waals surface area contributed by atoms with Crippen LogP contribution >= 0.6 is 0 Å². The fraction of sp³-hybridized carbons (Fsp3) is 0.500. The molecule has 1 saturated heterocycles. The molecule has 1 unspecified atom stereocenters. The molecule has 1 amide bonds. The highest BCUT2D eigenvalue weighted by Crippen LogP contribution is 2.22. The molecule has 0 spiro atoms. The van der Waals surface area contributed by atoms with E-state index >= 15 is 0 Å². The van der Waals surface area contributed by atoms with Crippen LogP contribution in [0.5, 0.6) is 0 Å². The number of carbonyl (C=O) groups excluding carboxylic acids is 1. The largest absolute Gasteiger partial charge is 0.480 e. The maximum Gasteiger partial charge on any atom is 0.326 e. The molecule has 1 aromatic carbocycles. The topological polar surface area (TPSA) is 57.6 Å². The van der Waals surface area contributed by atoms with Crippen molar-refractivity contribution in [3.63, 3.8) is 0 Å². The Morgan fingerprint density at radius 2 is 2.10 bits per heavy atom. The molecular formula is C16H20FNO3. The van der Waals surface area contributed by atoms with E-state index in [0.29, 0.717) is 18.5 Å². The van der Waals surface area contributed by atoms with Crippen molar-refractivity contribution in [3.8, 4) is 0 Å². The molecule has 0 bridgehead atoms. The summed E-state index contributed by atoms with van der Waals surface area (Å²) in [6.07, 6.45) is 2.42. The van der Waals surface area contributed by atoms with Crippen molar-refractivity contribution in [1.82, 2.24) is 4.90 Å². The minimum Gasteiger partial charge on any atom is -0.480 e. The van der Waals surface area contributed by atoms with Crippen molar-refractivity contribution in [1.29, 1.82) is 0 Å². The van der Waals surface area contributed by atoms with Gasteiger partial charge in [0.2, 0.25) is 5.91 Å². The second-order valence-electron chi connectivity index (χ2n) is 5.58. The van der Waals surface area contributed by atoms with E-state index in [1.807, 2.05) is 0 Å². The monoisotopic (exact) mass is 293 g/mol. The number of hydrogen-bond acceptors (Lipinski definition) is 2. The Hall–Kier alpha value is -1.91. The van der Waals surface area contributed by atoms with Crippen molar-refractivity contribution in [2.24, 2.45) is 5.92 Å². The Labute approximate surface area is 123 Å². The molecule has 2 rings (SSSR count). The first-order valence-corrected chi connectivity index (χ1v) is 7.27. The molecule has 4 nitrogen and oxygen atoms in total. The highest BCUT2D eigenvalue weighted by Gasteiger charge is 2.34. The fourth-order valence-corrected chi connectivity index (χ4v) is 2.82. The fourth-order valence-electron chi connectivity index (χ4n) is 2.82. The van der Waals surface area contributed by atoms with Crippen LogP contribution in [0.1, 0.15) is 31.7 Å². The highest BCUT2D eigenvalue weighted by molar-refractivity contribution is 5.85. The molecule has 1 fully saturated rings. The number of piperidine rings is 1. The van der Waals surface area contributed by atoms with Gasteiger partial charge in [0.15, 0.2) is 0 Å². The average Bonchev–Trinajstić information content (AvgIpc) is 2.48. The SMILES string of the molecule is CC(Cc1ccccc1F)C(=O)N1CCCC[C@@H]1C(=O)O. The van der Waals surface area contributed by atoms with Gasteiger partial charge < -0.3 is 10.0 Å². The van der Waals surface area contributed by atoms with Crippen LogP contribution in [0.15, 0.2) is 24.3 Å². The Bertz CT molecular complexity index is 532. The summed E-state index contributed by atoms with van der Waals surface area (Å²) < 4.78 is 13.6. The van der Waals surface area contributed by atoms with E-state index in [9.17, 15) is 19.1 Å². The molecule has 0 saturated carbocycles. The summed E-state index contributed by atoms with van der Waals surface area (Å²) in [5.74, 6) is -1.92.